The van der Waals surface area contributed by atoms with Gasteiger partial charge in [-0.25, -0.2) is 0 Å². The monoisotopic (exact) mass is 258 g/mol. The lowest BCUT2D eigenvalue weighted by atomic mass is 10.2. The molecule has 0 unspecified atom stereocenters. The van der Waals surface area contributed by atoms with E-state index in [1.165, 1.54) is 4.90 Å². The first-order valence-electron chi connectivity index (χ1n) is 6.35. The van der Waals surface area contributed by atoms with Crippen molar-refractivity contribution in [3.63, 3.8) is 0 Å². The molecule has 0 aromatic rings. The first-order valence-corrected chi connectivity index (χ1v) is 6.35. The maximum absolute atomic E-state index is 12.2. The molecule has 0 aromatic heterocycles. The van der Waals surface area contributed by atoms with Gasteiger partial charge in [-0.1, -0.05) is 0 Å². The molecule has 0 saturated carbocycles. The molecule has 1 amide bonds. The van der Waals surface area contributed by atoms with E-state index in [-0.39, 0.29) is 24.5 Å². The molecule has 6 nitrogen and oxygen atoms in total. The number of nitrogens with one attached hydrogen (secondary N) is 1. The summed E-state index contributed by atoms with van der Waals surface area (Å²) in [7, 11) is 1.57. The van der Waals surface area contributed by atoms with Gasteiger partial charge in [0.1, 0.15) is 6.54 Å². The van der Waals surface area contributed by atoms with Crippen LogP contribution in [-0.2, 0) is 19.1 Å². The van der Waals surface area contributed by atoms with Crippen LogP contribution in [0.25, 0.3) is 0 Å². The highest BCUT2D eigenvalue weighted by molar-refractivity contribution is 5.86. The van der Waals surface area contributed by atoms with Gasteiger partial charge in [-0.15, -0.1) is 0 Å². The van der Waals surface area contributed by atoms with Gasteiger partial charge in [0.05, 0.1) is 19.3 Å². The molecule has 18 heavy (non-hydrogen) atoms. The van der Waals surface area contributed by atoms with Gasteiger partial charge in [0.2, 0.25) is 5.91 Å². The normalized spacial score (nSPS) is 18.7. The van der Waals surface area contributed by atoms with E-state index in [1.807, 2.05) is 0 Å². The van der Waals surface area contributed by atoms with E-state index >= 15 is 0 Å². The van der Waals surface area contributed by atoms with E-state index < -0.39 is 0 Å². The van der Waals surface area contributed by atoms with Crippen LogP contribution in [0.3, 0.4) is 0 Å². The summed E-state index contributed by atoms with van der Waals surface area (Å²) in [5, 5.41) is 3.13. The summed E-state index contributed by atoms with van der Waals surface area (Å²) < 4.78 is 9.83. The summed E-state index contributed by atoms with van der Waals surface area (Å²) in [6, 6.07) is -0.170. The number of methoxy groups -OCH3 is 1. The summed E-state index contributed by atoms with van der Waals surface area (Å²) in [5.74, 6) is -0.419. The second kappa shape index (κ2) is 8.05. The smallest absolute Gasteiger partial charge is 0.325 e. The molecule has 1 rings (SSSR count). The van der Waals surface area contributed by atoms with Crippen LogP contribution in [0.15, 0.2) is 0 Å². The third-order valence-electron chi connectivity index (χ3n) is 2.86. The van der Waals surface area contributed by atoms with Gasteiger partial charge in [0.15, 0.2) is 0 Å². The molecule has 0 spiro atoms. The third-order valence-corrected chi connectivity index (χ3v) is 2.86. The van der Waals surface area contributed by atoms with Crippen LogP contribution in [0.5, 0.6) is 0 Å². The lowest BCUT2D eigenvalue weighted by Crippen LogP contribution is -2.47. The zero-order valence-corrected chi connectivity index (χ0v) is 11.1. The highest BCUT2D eigenvalue weighted by Crippen LogP contribution is 2.08. The maximum atomic E-state index is 12.2. The van der Waals surface area contributed by atoms with Crippen molar-refractivity contribution in [2.45, 2.75) is 25.8 Å². The number of hydrogen-bond donors (Lipinski definition) is 1. The van der Waals surface area contributed by atoms with Gasteiger partial charge in [-0.2, -0.15) is 0 Å². The Labute approximate surface area is 108 Å². The molecule has 0 aromatic carbocycles. The summed E-state index contributed by atoms with van der Waals surface area (Å²) in [6.45, 7) is 3.75. The zero-order chi connectivity index (χ0) is 13.4. The Morgan fingerprint density at radius 3 is 2.78 bits per heavy atom. The second-order valence-electron chi connectivity index (χ2n) is 4.21. The van der Waals surface area contributed by atoms with Crippen molar-refractivity contribution in [2.24, 2.45) is 0 Å². The Morgan fingerprint density at radius 1 is 1.44 bits per heavy atom. The summed E-state index contributed by atoms with van der Waals surface area (Å²) >= 11 is 0. The number of esters is 1. The largest absolute Gasteiger partial charge is 0.465 e. The highest BCUT2D eigenvalue weighted by Gasteiger charge is 2.28. The lowest BCUT2D eigenvalue weighted by Gasteiger charge is -2.24. The molecule has 1 heterocycles. The molecule has 1 saturated heterocycles. The SMILES string of the molecule is CCOC(=O)CN(CCOC)C(=O)[C@H]1CCCN1. The molecule has 0 bridgehead atoms. The van der Waals surface area contributed by atoms with Crippen LogP contribution in [0.4, 0.5) is 0 Å². The van der Waals surface area contributed by atoms with Crippen LogP contribution in [0.1, 0.15) is 19.8 Å². The number of amides is 1. The predicted molar refractivity (Wildman–Crippen MR) is 66.1 cm³/mol. The Balaban J connectivity index is 2.52. The fraction of sp³-hybridized carbons (Fsp3) is 0.833. The quantitative estimate of drug-likeness (QED) is 0.639. The van der Waals surface area contributed by atoms with Crippen molar-refractivity contribution in [3.8, 4) is 0 Å². The van der Waals surface area contributed by atoms with E-state index in [9.17, 15) is 9.59 Å². The fourth-order valence-electron chi connectivity index (χ4n) is 1.95. The highest BCUT2D eigenvalue weighted by atomic mass is 16.5. The first kappa shape index (κ1) is 14.9. The van der Waals surface area contributed by atoms with Crippen molar-refractivity contribution >= 4 is 11.9 Å². The number of hydrogen-bond acceptors (Lipinski definition) is 5. The standard InChI is InChI=1S/C12H22N2O4/c1-3-18-11(15)9-14(7-8-17-2)12(16)10-5-4-6-13-10/h10,13H,3-9H2,1-2H3/t10-/m1/s1. The van der Waals surface area contributed by atoms with Gasteiger partial charge in [-0.05, 0) is 26.3 Å². The van der Waals surface area contributed by atoms with E-state index in [4.69, 9.17) is 9.47 Å². The predicted octanol–water partition coefficient (Wildman–Crippen LogP) is -0.223. The maximum Gasteiger partial charge on any atom is 0.325 e. The van der Waals surface area contributed by atoms with Gasteiger partial charge in [-0.3, -0.25) is 9.59 Å². The summed E-state index contributed by atoms with van der Waals surface area (Å²) in [5.41, 5.74) is 0. The molecule has 0 radical (unpaired) electrons. The van der Waals surface area contributed by atoms with Crippen LogP contribution >= 0.6 is 0 Å². The molecule has 0 aliphatic carbocycles. The van der Waals surface area contributed by atoms with Crippen molar-refractivity contribution in [1.29, 1.82) is 0 Å². The van der Waals surface area contributed by atoms with Crippen LogP contribution in [0, 0.1) is 0 Å². The average Bonchev–Trinajstić information content (AvgIpc) is 2.87. The number of nitrogens with zero attached hydrogens (tertiary/aromatic N) is 1. The number of rotatable bonds is 7. The Kier molecular flexibility index (Phi) is 6.67. The van der Waals surface area contributed by atoms with Gasteiger partial charge >= 0.3 is 5.97 Å². The molecular weight excluding hydrogens is 236 g/mol. The van der Waals surface area contributed by atoms with E-state index in [0.29, 0.717) is 19.8 Å². The van der Waals surface area contributed by atoms with Gasteiger partial charge < -0.3 is 19.7 Å². The average molecular weight is 258 g/mol. The molecular formula is C12H22N2O4. The number of carbonyl (C=O) groups excluding carboxylic acids is 2. The van der Waals surface area contributed by atoms with E-state index in [0.717, 1.165) is 19.4 Å². The van der Waals surface area contributed by atoms with Gasteiger partial charge in [0.25, 0.3) is 0 Å². The zero-order valence-electron chi connectivity index (χ0n) is 11.1. The Bertz CT molecular complexity index is 277. The minimum Gasteiger partial charge on any atom is -0.465 e. The molecule has 1 aliphatic heterocycles. The molecule has 1 atom stereocenters. The molecule has 104 valence electrons. The van der Waals surface area contributed by atoms with E-state index in [2.05, 4.69) is 5.32 Å². The van der Waals surface area contributed by atoms with Crippen LogP contribution in [0.2, 0.25) is 0 Å². The summed E-state index contributed by atoms with van der Waals surface area (Å²) in [6.07, 6.45) is 1.82. The number of ether oxygens (including phenoxy) is 2. The molecule has 1 aliphatic rings. The van der Waals surface area contributed by atoms with Crippen molar-refractivity contribution in [2.75, 3.05) is 40.0 Å². The third kappa shape index (κ3) is 4.62. The molecule has 1 fully saturated rings. The van der Waals surface area contributed by atoms with Gasteiger partial charge in [0, 0.05) is 13.7 Å². The lowest BCUT2D eigenvalue weighted by molar-refractivity contribution is -0.149. The molecule has 1 N–H and O–H groups in total. The van der Waals surface area contributed by atoms with E-state index in [1.54, 1.807) is 14.0 Å². The topological polar surface area (TPSA) is 67.9 Å². The minimum atomic E-state index is -0.375. The van der Waals surface area contributed by atoms with Crippen molar-refractivity contribution in [3.05, 3.63) is 0 Å². The fourth-order valence-corrected chi connectivity index (χ4v) is 1.95. The summed E-state index contributed by atoms with van der Waals surface area (Å²) in [4.78, 5) is 25.2. The Hall–Kier alpha value is -1.14. The first-order chi connectivity index (χ1) is 8.69. The second-order valence-corrected chi connectivity index (χ2v) is 4.21. The van der Waals surface area contributed by atoms with Crippen LogP contribution < -0.4 is 5.32 Å². The number of carbonyl (C=O) groups is 2. The molecule has 6 heteroatoms. The minimum absolute atomic E-state index is 0.00574. The van der Waals surface area contributed by atoms with Crippen LogP contribution in [-0.4, -0.2) is 62.8 Å². The van der Waals surface area contributed by atoms with Crippen molar-refractivity contribution < 1.29 is 19.1 Å². The van der Waals surface area contributed by atoms with Crippen molar-refractivity contribution in [1.82, 2.24) is 10.2 Å². The Morgan fingerprint density at radius 2 is 2.22 bits per heavy atom.